The van der Waals surface area contributed by atoms with E-state index in [4.69, 9.17) is 10.2 Å². The van der Waals surface area contributed by atoms with Crippen molar-refractivity contribution in [3.05, 3.63) is 115 Å². The SMILES string of the molecule is CC(C)(C)CN(CC(C)(C)C)c1c(/N=N/c2ccc(-c3ccc(/N=N/c4cc(N(CC(C)(C)C)CC(C)(C)C)c5ccccc5c4S(=O)(=O)O)cc3)cc2)ccc2ccccc12. The van der Waals surface area contributed by atoms with Gasteiger partial charge < -0.3 is 9.80 Å². The third-order valence-corrected chi connectivity index (χ3v) is 11.0. The van der Waals surface area contributed by atoms with Gasteiger partial charge in [0, 0.05) is 48.0 Å². The van der Waals surface area contributed by atoms with Gasteiger partial charge in [-0.25, -0.2) is 0 Å². The van der Waals surface area contributed by atoms with Gasteiger partial charge in [0.15, 0.2) is 0 Å². The second-order valence-corrected chi connectivity index (χ2v) is 22.7. The standard InChI is InChI=1S/C52H64N6O3S/c1-49(2,3)32-57(33-50(4,5)6)46-31-45(48(62(59,60)61)43-20-16-15-19-42(43)46)56-54-40-28-23-37(24-29-40)36-21-26-39(27-22-36)53-55-44-30-25-38-17-13-14-18-41(38)47(44)58(34-51(7,8)9)35-52(10,11)12/h13-31H,32-35H2,1-12H3,(H,59,60,61)/b55-53+,56-54+. The number of fused-ring (bicyclic) bond motifs is 2. The van der Waals surface area contributed by atoms with Crippen LogP contribution in [0.15, 0.2) is 141 Å². The average molecular weight is 853 g/mol. The van der Waals surface area contributed by atoms with Gasteiger partial charge in [-0.3, -0.25) is 4.55 Å². The van der Waals surface area contributed by atoms with Crippen LogP contribution in [0.25, 0.3) is 32.7 Å². The summed E-state index contributed by atoms with van der Waals surface area (Å²) < 4.78 is 36.5. The minimum absolute atomic E-state index is 0.0516. The maximum absolute atomic E-state index is 13.0. The van der Waals surface area contributed by atoms with Crippen LogP contribution in [0, 0.1) is 21.7 Å². The van der Waals surface area contributed by atoms with Gasteiger partial charge in [-0.05, 0) is 74.6 Å². The van der Waals surface area contributed by atoms with Crippen molar-refractivity contribution in [1.29, 1.82) is 0 Å². The first-order chi connectivity index (χ1) is 28.8. The van der Waals surface area contributed by atoms with E-state index >= 15 is 0 Å². The molecule has 0 aliphatic rings. The summed E-state index contributed by atoms with van der Waals surface area (Å²) in [5.41, 5.74) is 6.13. The predicted molar refractivity (Wildman–Crippen MR) is 260 cm³/mol. The van der Waals surface area contributed by atoms with Crippen LogP contribution in [0.3, 0.4) is 0 Å². The van der Waals surface area contributed by atoms with E-state index in [2.05, 4.69) is 140 Å². The molecule has 6 aromatic rings. The fraction of sp³-hybridized carbons (Fsp3) is 0.385. The fourth-order valence-electron chi connectivity index (χ4n) is 7.97. The molecule has 0 amide bonds. The Bertz CT molecular complexity index is 2660. The maximum atomic E-state index is 13.0. The van der Waals surface area contributed by atoms with Gasteiger partial charge in [-0.2, -0.15) is 18.6 Å². The van der Waals surface area contributed by atoms with Crippen molar-refractivity contribution in [1.82, 2.24) is 0 Å². The zero-order valence-electron chi connectivity index (χ0n) is 38.7. The van der Waals surface area contributed by atoms with Gasteiger partial charge >= 0.3 is 0 Å². The van der Waals surface area contributed by atoms with E-state index in [9.17, 15) is 13.0 Å². The van der Waals surface area contributed by atoms with Crippen molar-refractivity contribution in [2.75, 3.05) is 36.0 Å². The van der Waals surface area contributed by atoms with Gasteiger partial charge in [-0.1, -0.05) is 162 Å². The van der Waals surface area contributed by atoms with E-state index in [-0.39, 0.29) is 32.2 Å². The minimum atomic E-state index is -4.66. The van der Waals surface area contributed by atoms with E-state index in [1.54, 1.807) is 18.2 Å². The molecule has 0 fully saturated rings. The lowest BCUT2D eigenvalue weighted by Crippen LogP contribution is -2.38. The Morgan fingerprint density at radius 2 is 0.887 bits per heavy atom. The van der Waals surface area contributed by atoms with Crippen LogP contribution in [0.5, 0.6) is 0 Å². The molecule has 326 valence electrons. The average Bonchev–Trinajstić information content (AvgIpc) is 3.16. The summed E-state index contributed by atoms with van der Waals surface area (Å²) in [5.74, 6) is 0. The highest BCUT2D eigenvalue weighted by Crippen LogP contribution is 2.43. The minimum Gasteiger partial charge on any atom is -0.370 e. The summed E-state index contributed by atoms with van der Waals surface area (Å²) in [6.45, 7) is 29.9. The Kier molecular flexibility index (Phi) is 13.2. The molecule has 0 spiro atoms. The summed E-state index contributed by atoms with van der Waals surface area (Å²) in [5, 5.41) is 22.0. The van der Waals surface area contributed by atoms with Gasteiger partial charge in [0.1, 0.15) is 16.3 Å². The molecule has 6 aromatic carbocycles. The summed E-state index contributed by atoms with van der Waals surface area (Å²) >= 11 is 0. The lowest BCUT2D eigenvalue weighted by Gasteiger charge is -2.37. The molecule has 9 nitrogen and oxygen atoms in total. The van der Waals surface area contributed by atoms with E-state index in [0.717, 1.165) is 70.8 Å². The van der Waals surface area contributed by atoms with E-state index in [1.807, 2.05) is 60.7 Å². The van der Waals surface area contributed by atoms with E-state index in [0.29, 0.717) is 11.1 Å². The summed E-state index contributed by atoms with van der Waals surface area (Å²) in [7, 11) is -4.66. The molecule has 62 heavy (non-hydrogen) atoms. The zero-order valence-corrected chi connectivity index (χ0v) is 39.5. The molecule has 0 bridgehead atoms. The smallest absolute Gasteiger partial charge is 0.297 e. The largest absolute Gasteiger partial charge is 0.370 e. The fourth-order valence-corrected chi connectivity index (χ4v) is 8.79. The molecule has 1 N–H and O–H groups in total. The molecule has 0 aromatic heterocycles. The predicted octanol–water partition coefficient (Wildman–Crippen LogP) is 15.5. The Morgan fingerprint density at radius 1 is 0.468 bits per heavy atom. The van der Waals surface area contributed by atoms with E-state index in [1.165, 1.54) is 5.39 Å². The van der Waals surface area contributed by atoms with Crippen molar-refractivity contribution in [2.45, 2.75) is 88.0 Å². The number of rotatable bonds is 12. The second-order valence-electron chi connectivity index (χ2n) is 21.4. The monoisotopic (exact) mass is 852 g/mol. The van der Waals surface area contributed by atoms with Gasteiger partial charge in [0.25, 0.3) is 10.1 Å². The third-order valence-electron chi connectivity index (χ3n) is 10.0. The number of benzene rings is 6. The molecule has 0 aliphatic heterocycles. The van der Waals surface area contributed by atoms with E-state index < -0.39 is 10.1 Å². The molecule has 10 heteroatoms. The number of hydrogen-bond acceptors (Lipinski definition) is 8. The molecule has 0 saturated carbocycles. The van der Waals surface area contributed by atoms with Crippen molar-refractivity contribution < 1.29 is 13.0 Å². The van der Waals surface area contributed by atoms with Crippen LogP contribution >= 0.6 is 0 Å². The van der Waals surface area contributed by atoms with Crippen molar-refractivity contribution >= 4 is 65.8 Å². The quantitative estimate of drug-likeness (QED) is 0.0974. The van der Waals surface area contributed by atoms with Crippen LogP contribution in [0.1, 0.15) is 83.1 Å². The molecule has 0 radical (unpaired) electrons. The number of hydrogen-bond donors (Lipinski definition) is 1. The topological polar surface area (TPSA) is 110 Å². The Balaban J connectivity index is 1.29. The Morgan fingerprint density at radius 3 is 1.35 bits per heavy atom. The lowest BCUT2D eigenvalue weighted by atomic mass is 9.91. The number of anilines is 2. The zero-order chi connectivity index (χ0) is 45.3. The normalized spacial score (nSPS) is 13.2. The Hall–Kier alpha value is -5.45. The summed E-state index contributed by atoms with van der Waals surface area (Å²) in [6, 6.07) is 37.2. The van der Waals surface area contributed by atoms with Gasteiger partial charge in [-0.15, -0.1) is 10.2 Å². The van der Waals surface area contributed by atoms with Gasteiger partial charge in [0.2, 0.25) is 0 Å². The van der Waals surface area contributed by atoms with Crippen LogP contribution in [-0.4, -0.2) is 39.1 Å². The van der Waals surface area contributed by atoms with Crippen molar-refractivity contribution in [3.63, 3.8) is 0 Å². The van der Waals surface area contributed by atoms with Crippen molar-refractivity contribution in [3.8, 4) is 11.1 Å². The first kappa shape index (κ1) is 46.1. The third kappa shape index (κ3) is 12.1. The van der Waals surface area contributed by atoms with Crippen LogP contribution in [-0.2, 0) is 10.1 Å². The number of azo groups is 2. The highest BCUT2D eigenvalue weighted by atomic mass is 32.2. The molecule has 6 rings (SSSR count). The first-order valence-corrected chi connectivity index (χ1v) is 22.9. The highest BCUT2D eigenvalue weighted by molar-refractivity contribution is 7.86. The molecule has 0 aliphatic carbocycles. The highest BCUT2D eigenvalue weighted by Gasteiger charge is 2.29. The molecular weight excluding hydrogens is 789 g/mol. The summed E-state index contributed by atoms with van der Waals surface area (Å²) in [6.07, 6.45) is 0. The van der Waals surface area contributed by atoms with Crippen LogP contribution in [0.2, 0.25) is 0 Å². The summed E-state index contributed by atoms with van der Waals surface area (Å²) in [4.78, 5) is 4.50. The van der Waals surface area contributed by atoms with Crippen molar-refractivity contribution in [2.24, 2.45) is 42.1 Å². The first-order valence-electron chi connectivity index (χ1n) is 21.4. The molecule has 0 atom stereocenters. The molecule has 0 saturated heterocycles. The number of nitrogens with zero attached hydrogens (tertiary/aromatic N) is 6. The molecule has 0 heterocycles. The lowest BCUT2D eigenvalue weighted by molar-refractivity contribution is 0.357. The van der Waals surface area contributed by atoms with Crippen LogP contribution in [0.4, 0.5) is 34.1 Å². The molecule has 0 unspecified atom stereocenters. The maximum Gasteiger partial charge on any atom is 0.297 e. The Labute approximate surface area is 369 Å². The van der Waals surface area contributed by atoms with Gasteiger partial charge in [0.05, 0.1) is 17.1 Å². The van der Waals surface area contributed by atoms with Crippen LogP contribution < -0.4 is 9.80 Å². The molecular formula is C52H64N6O3S. The second kappa shape index (κ2) is 17.7.